The summed E-state index contributed by atoms with van der Waals surface area (Å²) in [4.78, 5) is 23.3. The van der Waals surface area contributed by atoms with Crippen LogP contribution in [0.4, 0.5) is 0 Å². The number of amides is 2. The van der Waals surface area contributed by atoms with Crippen LogP contribution in [0.3, 0.4) is 0 Å². The smallest absolute Gasteiger partial charge is 0.261 e. The monoisotopic (exact) mass is 232 g/mol. The first-order chi connectivity index (χ1) is 6.93. The Morgan fingerprint density at radius 3 is 2.53 bits per heavy atom. The highest BCUT2D eigenvalue weighted by atomic mass is 32.2. The molecule has 1 N–H and O–H groups in total. The Labute approximate surface area is 87.7 Å². The number of fused-ring (bicyclic) bond motifs is 1. The van der Waals surface area contributed by atoms with E-state index in [9.17, 15) is 18.0 Å². The summed E-state index contributed by atoms with van der Waals surface area (Å²) in [6.45, 7) is 0.651. The first kappa shape index (κ1) is 10.6. The van der Waals surface area contributed by atoms with Crippen molar-refractivity contribution >= 4 is 21.8 Å². The second kappa shape index (κ2) is 3.28. The number of nitrogens with one attached hydrogen (secondary N) is 1. The summed E-state index contributed by atoms with van der Waals surface area (Å²) in [5.74, 6) is -1.71. The molecule has 0 aliphatic carbocycles. The summed E-state index contributed by atoms with van der Waals surface area (Å²) in [7, 11) is -3.76. The van der Waals surface area contributed by atoms with E-state index >= 15 is 0 Å². The Morgan fingerprint density at radius 1 is 1.33 bits per heavy atom. The molecule has 2 unspecified atom stereocenters. The fraction of sp³-hybridized carbons (Fsp3) is 0.750. The van der Waals surface area contributed by atoms with E-state index in [0.29, 0.717) is 17.3 Å². The summed E-state index contributed by atoms with van der Waals surface area (Å²) >= 11 is 0. The molecule has 2 amide bonds. The fourth-order valence-electron chi connectivity index (χ4n) is 2.13. The molecule has 15 heavy (non-hydrogen) atoms. The van der Waals surface area contributed by atoms with Gasteiger partial charge < -0.3 is 5.32 Å². The van der Waals surface area contributed by atoms with Crippen LogP contribution in [0.2, 0.25) is 0 Å². The average molecular weight is 232 g/mol. The average Bonchev–Trinajstić information content (AvgIpc) is 2.39. The van der Waals surface area contributed by atoms with Gasteiger partial charge in [-0.2, -0.15) is 4.31 Å². The number of hydrogen-bond donors (Lipinski definition) is 1. The third kappa shape index (κ3) is 1.55. The minimum absolute atomic E-state index is 0.403. The number of sulfonamides is 1. The fourth-order valence-corrected chi connectivity index (χ4v) is 3.03. The molecule has 7 heteroatoms. The minimum Gasteiger partial charge on any atom is -0.305 e. The summed E-state index contributed by atoms with van der Waals surface area (Å²) in [6.07, 6.45) is 2.24. The highest BCUT2D eigenvalue weighted by Gasteiger charge is 2.51. The van der Waals surface area contributed by atoms with Crippen molar-refractivity contribution in [2.75, 3.05) is 12.8 Å². The Bertz CT molecular complexity index is 392. The van der Waals surface area contributed by atoms with E-state index in [-0.39, 0.29) is 0 Å². The van der Waals surface area contributed by atoms with E-state index in [4.69, 9.17) is 0 Å². The van der Waals surface area contributed by atoms with Gasteiger partial charge in [0, 0.05) is 0 Å². The van der Waals surface area contributed by atoms with Crippen LogP contribution >= 0.6 is 0 Å². The van der Waals surface area contributed by atoms with Gasteiger partial charge in [0.1, 0.15) is 6.04 Å². The van der Waals surface area contributed by atoms with Crippen LogP contribution in [0.25, 0.3) is 0 Å². The molecule has 2 atom stereocenters. The number of carbonyl (C=O) groups is 2. The number of carbonyl (C=O) groups excluding carboxylic acids is 2. The Kier molecular flexibility index (Phi) is 2.31. The molecule has 2 rings (SSSR count). The van der Waals surface area contributed by atoms with Crippen LogP contribution in [0.1, 0.15) is 12.8 Å². The van der Waals surface area contributed by atoms with Crippen LogP contribution in [-0.4, -0.2) is 43.4 Å². The molecule has 2 aliphatic rings. The molecule has 2 fully saturated rings. The molecule has 6 nitrogen and oxygen atoms in total. The maximum Gasteiger partial charge on any atom is 0.261 e. The molecule has 0 saturated carbocycles. The van der Waals surface area contributed by atoms with Crippen LogP contribution in [0.15, 0.2) is 0 Å². The molecule has 0 aromatic carbocycles. The molecular weight excluding hydrogens is 220 g/mol. The zero-order valence-electron chi connectivity index (χ0n) is 8.26. The maximum atomic E-state index is 11.7. The molecule has 2 saturated heterocycles. The summed E-state index contributed by atoms with van der Waals surface area (Å²) in [5.41, 5.74) is 0. The molecule has 0 spiro atoms. The second-order valence-corrected chi connectivity index (χ2v) is 5.72. The lowest BCUT2D eigenvalue weighted by atomic mass is 9.93. The minimum atomic E-state index is -3.76. The predicted molar refractivity (Wildman–Crippen MR) is 51.2 cm³/mol. The van der Waals surface area contributed by atoms with Crippen molar-refractivity contribution in [1.29, 1.82) is 0 Å². The van der Waals surface area contributed by atoms with Gasteiger partial charge in [-0.25, -0.2) is 8.42 Å². The summed E-state index contributed by atoms with van der Waals surface area (Å²) in [6, 6.07) is -0.638. The van der Waals surface area contributed by atoms with E-state index in [1.54, 1.807) is 0 Å². The third-order valence-corrected chi connectivity index (χ3v) is 3.80. The topological polar surface area (TPSA) is 83.6 Å². The standard InChI is InChI=1S/C8H12N2O4S/c1-15(13,14)10-7(11)5-3-2-4-9-6(5)8(10)12/h5-6,9H,2-4H2,1H3. The highest BCUT2D eigenvalue weighted by molar-refractivity contribution is 7.89. The summed E-state index contributed by atoms with van der Waals surface area (Å²) < 4.78 is 22.9. The molecule has 2 aliphatic heterocycles. The van der Waals surface area contributed by atoms with Gasteiger partial charge in [0.15, 0.2) is 0 Å². The lowest BCUT2D eigenvalue weighted by molar-refractivity contribution is -0.133. The van der Waals surface area contributed by atoms with Crippen LogP contribution in [0.5, 0.6) is 0 Å². The zero-order valence-corrected chi connectivity index (χ0v) is 9.08. The first-order valence-electron chi connectivity index (χ1n) is 4.74. The number of nitrogens with zero attached hydrogens (tertiary/aromatic N) is 1. The van der Waals surface area contributed by atoms with Crippen LogP contribution in [-0.2, 0) is 19.6 Å². The normalized spacial score (nSPS) is 31.9. The number of piperidine rings is 1. The predicted octanol–water partition coefficient (Wildman–Crippen LogP) is -1.32. The molecule has 0 radical (unpaired) electrons. The van der Waals surface area contributed by atoms with Gasteiger partial charge in [0.2, 0.25) is 15.9 Å². The lowest BCUT2D eigenvalue weighted by Crippen LogP contribution is -2.44. The molecule has 0 aromatic rings. The molecule has 84 valence electrons. The van der Waals surface area contributed by atoms with Gasteiger partial charge in [-0.15, -0.1) is 0 Å². The number of rotatable bonds is 1. The molecule has 2 heterocycles. The van der Waals surface area contributed by atoms with Crippen molar-refractivity contribution in [3.63, 3.8) is 0 Å². The lowest BCUT2D eigenvalue weighted by Gasteiger charge is -2.21. The summed E-state index contributed by atoms with van der Waals surface area (Å²) in [5, 5.41) is 2.89. The van der Waals surface area contributed by atoms with Crippen molar-refractivity contribution in [3.8, 4) is 0 Å². The van der Waals surface area contributed by atoms with E-state index in [1.807, 2.05) is 0 Å². The Hall–Kier alpha value is -0.950. The Morgan fingerprint density at radius 2 is 2.00 bits per heavy atom. The largest absolute Gasteiger partial charge is 0.305 e. The number of hydrogen-bond acceptors (Lipinski definition) is 5. The van der Waals surface area contributed by atoms with Crippen molar-refractivity contribution < 1.29 is 18.0 Å². The van der Waals surface area contributed by atoms with Gasteiger partial charge in [-0.05, 0) is 19.4 Å². The van der Waals surface area contributed by atoms with Crippen molar-refractivity contribution in [1.82, 2.24) is 9.62 Å². The van der Waals surface area contributed by atoms with E-state index in [0.717, 1.165) is 12.7 Å². The van der Waals surface area contributed by atoms with Gasteiger partial charge in [-0.3, -0.25) is 9.59 Å². The first-order valence-corrected chi connectivity index (χ1v) is 6.59. The van der Waals surface area contributed by atoms with E-state index in [1.165, 1.54) is 0 Å². The second-order valence-electron chi connectivity index (χ2n) is 3.88. The van der Waals surface area contributed by atoms with Crippen molar-refractivity contribution in [2.24, 2.45) is 5.92 Å². The molecular formula is C8H12N2O4S. The van der Waals surface area contributed by atoms with E-state index < -0.39 is 33.8 Å². The van der Waals surface area contributed by atoms with Gasteiger partial charge >= 0.3 is 0 Å². The van der Waals surface area contributed by atoms with Crippen molar-refractivity contribution in [2.45, 2.75) is 18.9 Å². The number of imide groups is 1. The van der Waals surface area contributed by atoms with Gasteiger partial charge in [0.25, 0.3) is 5.91 Å². The zero-order chi connectivity index (χ0) is 11.2. The maximum absolute atomic E-state index is 11.7. The van der Waals surface area contributed by atoms with E-state index in [2.05, 4.69) is 5.32 Å². The third-order valence-electron chi connectivity index (χ3n) is 2.77. The molecule has 0 bridgehead atoms. The van der Waals surface area contributed by atoms with Crippen molar-refractivity contribution in [3.05, 3.63) is 0 Å². The Balaban J connectivity index is 2.38. The highest BCUT2D eigenvalue weighted by Crippen LogP contribution is 2.28. The van der Waals surface area contributed by atoms with Crippen LogP contribution in [0, 0.1) is 5.92 Å². The van der Waals surface area contributed by atoms with Gasteiger partial charge in [0.05, 0.1) is 12.2 Å². The SMILES string of the molecule is CS(=O)(=O)N1C(=O)C2CCCNC2C1=O. The molecule has 0 aromatic heterocycles. The van der Waals surface area contributed by atoms with Gasteiger partial charge in [-0.1, -0.05) is 0 Å². The van der Waals surface area contributed by atoms with Crippen LogP contribution < -0.4 is 5.32 Å². The quantitative estimate of drug-likeness (QED) is 0.567.